The van der Waals surface area contributed by atoms with Crippen molar-refractivity contribution < 1.29 is 0 Å². The van der Waals surface area contributed by atoms with E-state index in [1.54, 1.807) is 6.20 Å². The van der Waals surface area contributed by atoms with Crippen molar-refractivity contribution in [3.63, 3.8) is 0 Å². The topological polar surface area (TPSA) is 28.7 Å². The van der Waals surface area contributed by atoms with E-state index in [2.05, 4.69) is 23.2 Å². The quantitative estimate of drug-likeness (QED) is 0.604. The monoisotopic (exact) mass is 121 g/mol. The van der Waals surface area contributed by atoms with Crippen LogP contribution in [0.15, 0.2) is 25.0 Å². The Morgan fingerprint density at radius 2 is 2.67 bits per heavy atom. The molecule has 1 N–H and O–H groups in total. The van der Waals surface area contributed by atoms with Crippen LogP contribution >= 0.6 is 0 Å². The van der Waals surface area contributed by atoms with Crippen molar-refractivity contribution in [3.05, 3.63) is 37.0 Å². The third-order valence-electron chi connectivity index (χ3n) is 1.04. The molecular formula is C7H9N2. The summed E-state index contributed by atoms with van der Waals surface area (Å²) in [5.74, 6) is 0. The largest absolute Gasteiger partial charge is 0.285 e. The first-order chi connectivity index (χ1) is 4.43. The zero-order chi connectivity index (χ0) is 6.53. The molecule has 0 saturated carbocycles. The molecule has 1 aromatic rings. The van der Waals surface area contributed by atoms with Crippen LogP contribution in [0, 0.1) is 6.42 Å². The van der Waals surface area contributed by atoms with Gasteiger partial charge in [0.15, 0.2) is 0 Å². The third kappa shape index (κ3) is 1.72. The second kappa shape index (κ2) is 3.07. The van der Waals surface area contributed by atoms with Crippen LogP contribution in [-0.4, -0.2) is 10.2 Å². The lowest BCUT2D eigenvalue weighted by atomic mass is 10.2. The molecule has 0 amide bonds. The third-order valence-corrected chi connectivity index (χ3v) is 1.04. The van der Waals surface area contributed by atoms with Crippen molar-refractivity contribution in [1.82, 2.24) is 10.2 Å². The molecule has 0 unspecified atom stereocenters. The number of aromatic amines is 1. The molecule has 2 nitrogen and oxygen atoms in total. The Morgan fingerprint density at radius 3 is 3.22 bits per heavy atom. The van der Waals surface area contributed by atoms with E-state index in [1.807, 2.05) is 12.3 Å². The molecule has 0 aliphatic carbocycles. The Balaban J connectivity index is 2.38. The molecule has 9 heavy (non-hydrogen) atoms. The molecule has 47 valence electrons. The summed E-state index contributed by atoms with van der Waals surface area (Å²) >= 11 is 0. The standard InChI is InChI=1S/C7H9N2/c1-2-3-4-7-5-8-9-6-7/h2,4-6H,1,3H2,(H,8,9). The molecule has 0 bridgehead atoms. The van der Waals surface area contributed by atoms with Crippen molar-refractivity contribution >= 4 is 0 Å². The van der Waals surface area contributed by atoms with Gasteiger partial charge in [-0.25, -0.2) is 0 Å². The van der Waals surface area contributed by atoms with Gasteiger partial charge in [-0.2, -0.15) is 5.10 Å². The van der Waals surface area contributed by atoms with Crippen molar-refractivity contribution in [2.75, 3.05) is 0 Å². The van der Waals surface area contributed by atoms with Crippen LogP contribution in [0.2, 0.25) is 0 Å². The van der Waals surface area contributed by atoms with Crippen LogP contribution in [0.3, 0.4) is 0 Å². The molecule has 0 aliphatic heterocycles. The van der Waals surface area contributed by atoms with Crippen LogP contribution < -0.4 is 0 Å². The van der Waals surface area contributed by atoms with Gasteiger partial charge in [-0.15, -0.1) is 6.58 Å². The smallest absolute Gasteiger partial charge is 0.0522 e. The summed E-state index contributed by atoms with van der Waals surface area (Å²) in [6.45, 7) is 3.60. The fourth-order valence-corrected chi connectivity index (χ4v) is 0.592. The van der Waals surface area contributed by atoms with E-state index in [4.69, 9.17) is 0 Å². The number of rotatable bonds is 3. The van der Waals surface area contributed by atoms with Crippen molar-refractivity contribution in [2.24, 2.45) is 0 Å². The second-order valence-corrected chi connectivity index (χ2v) is 1.76. The van der Waals surface area contributed by atoms with Crippen molar-refractivity contribution in [1.29, 1.82) is 0 Å². The van der Waals surface area contributed by atoms with E-state index >= 15 is 0 Å². The maximum atomic E-state index is 3.78. The van der Waals surface area contributed by atoms with Gasteiger partial charge in [0.2, 0.25) is 0 Å². The maximum absolute atomic E-state index is 3.78. The van der Waals surface area contributed by atoms with E-state index in [9.17, 15) is 0 Å². The molecule has 0 aliphatic rings. The SMILES string of the molecule is C=CC[CH]c1cn[nH]c1. The minimum atomic E-state index is 0.902. The van der Waals surface area contributed by atoms with Crippen LogP contribution in [0.4, 0.5) is 0 Å². The molecule has 0 fully saturated rings. The summed E-state index contributed by atoms with van der Waals surface area (Å²) in [7, 11) is 0. The van der Waals surface area contributed by atoms with Gasteiger partial charge in [-0.05, 0) is 18.4 Å². The van der Waals surface area contributed by atoms with E-state index in [-0.39, 0.29) is 0 Å². The molecule has 1 heterocycles. The molecular weight excluding hydrogens is 112 g/mol. The molecule has 0 atom stereocenters. The highest BCUT2D eigenvalue weighted by Gasteiger charge is 1.89. The Kier molecular flexibility index (Phi) is 2.07. The molecule has 0 aromatic carbocycles. The first-order valence-electron chi connectivity index (χ1n) is 2.86. The molecule has 1 aromatic heterocycles. The number of allylic oxidation sites excluding steroid dienone is 1. The van der Waals surface area contributed by atoms with Crippen LogP contribution in [0.1, 0.15) is 12.0 Å². The average Bonchev–Trinajstić information content (AvgIpc) is 2.34. The predicted molar refractivity (Wildman–Crippen MR) is 36.8 cm³/mol. The number of aromatic nitrogens is 2. The number of nitrogens with zero attached hydrogens (tertiary/aromatic N) is 1. The lowest BCUT2D eigenvalue weighted by Gasteiger charge is -1.85. The summed E-state index contributed by atoms with van der Waals surface area (Å²) in [5.41, 5.74) is 1.12. The summed E-state index contributed by atoms with van der Waals surface area (Å²) in [4.78, 5) is 0. The molecule has 1 radical (unpaired) electrons. The summed E-state index contributed by atoms with van der Waals surface area (Å²) < 4.78 is 0. The van der Waals surface area contributed by atoms with Gasteiger partial charge in [0.05, 0.1) is 6.20 Å². The van der Waals surface area contributed by atoms with Crippen LogP contribution in [0.5, 0.6) is 0 Å². The van der Waals surface area contributed by atoms with E-state index < -0.39 is 0 Å². The fraction of sp³-hybridized carbons (Fsp3) is 0.143. The molecule has 0 saturated heterocycles. The minimum Gasteiger partial charge on any atom is -0.285 e. The van der Waals surface area contributed by atoms with Gasteiger partial charge in [0, 0.05) is 6.20 Å². The first kappa shape index (κ1) is 6.08. The van der Waals surface area contributed by atoms with Crippen molar-refractivity contribution in [3.8, 4) is 0 Å². The summed E-state index contributed by atoms with van der Waals surface area (Å²) in [5, 5.41) is 6.51. The Morgan fingerprint density at radius 1 is 1.78 bits per heavy atom. The van der Waals surface area contributed by atoms with Crippen LogP contribution in [-0.2, 0) is 0 Å². The zero-order valence-corrected chi connectivity index (χ0v) is 5.17. The second-order valence-electron chi connectivity index (χ2n) is 1.76. The average molecular weight is 121 g/mol. The highest BCUT2D eigenvalue weighted by atomic mass is 15.1. The molecule has 2 heteroatoms. The lowest BCUT2D eigenvalue weighted by Crippen LogP contribution is -1.72. The van der Waals surface area contributed by atoms with E-state index in [0.29, 0.717) is 0 Å². The minimum absolute atomic E-state index is 0.902. The molecule has 0 spiro atoms. The Labute approximate surface area is 54.6 Å². The first-order valence-corrected chi connectivity index (χ1v) is 2.86. The normalized spacial score (nSPS) is 9.33. The van der Waals surface area contributed by atoms with Gasteiger partial charge in [-0.3, -0.25) is 5.10 Å². The highest BCUT2D eigenvalue weighted by Crippen LogP contribution is 2.00. The van der Waals surface area contributed by atoms with Gasteiger partial charge in [0.25, 0.3) is 0 Å². The van der Waals surface area contributed by atoms with Gasteiger partial charge in [0.1, 0.15) is 0 Å². The summed E-state index contributed by atoms with van der Waals surface area (Å²) in [6, 6.07) is 0. The zero-order valence-electron chi connectivity index (χ0n) is 5.17. The lowest BCUT2D eigenvalue weighted by molar-refractivity contribution is 1.09. The van der Waals surface area contributed by atoms with Gasteiger partial charge >= 0.3 is 0 Å². The maximum Gasteiger partial charge on any atom is 0.0522 e. The van der Waals surface area contributed by atoms with Gasteiger partial charge < -0.3 is 0 Å². The van der Waals surface area contributed by atoms with Crippen molar-refractivity contribution in [2.45, 2.75) is 6.42 Å². The number of hydrogen-bond donors (Lipinski definition) is 1. The van der Waals surface area contributed by atoms with E-state index in [0.717, 1.165) is 12.0 Å². The molecule has 1 rings (SSSR count). The number of hydrogen-bond acceptors (Lipinski definition) is 1. The predicted octanol–water partition coefficient (Wildman–Crippen LogP) is 1.54. The fourth-order valence-electron chi connectivity index (χ4n) is 0.592. The summed E-state index contributed by atoms with van der Waals surface area (Å²) in [6.07, 6.45) is 8.44. The van der Waals surface area contributed by atoms with Crippen LogP contribution in [0.25, 0.3) is 0 Å². The number of H-pyrrole nitrogens is 1. The number of nitrogens with one attached hydrogen (secondary N) is 1. The Hall–Kier alpha value is -1.05. The highest BCUT2D eigenvalue weighted by molar-refractivity contribution is 5.15. The van der Waals surface area contributed by atoms with E-state index in [1.165, 1.54) is 0 Å². The van der Waals surface area contributed by atoms with Gasteiger partial charge in [-0.1, -0.05) is 6.08 Å². The Bertz CT molecular complexity index is 165.